The summed E-state index contributed by atoms with van der Waals surface area (Å²) < 4.78 is 40.0. The maximum atomic E-state index is 13.9. The quantitative estimate of drug-likeness (QED) is 0.822. The van der Waals surface area contributed by atoms with Crippen LogP contribution in [0.5, 0.6) is 0 Å². The van der Waals surface area contributed by atoms with Crippen molar-refractivity contribution in [2.45, 2.75) is 17.7 Å². The van der Waals surface area contributed by atoms with Gasteiger partial charge in [0.25, 0.3) is 0 Å². The Morgan fingerprint density at radius 1 is 1.50 bits per heavy atom. The SMILES string of the molecule is Nc1cc(Cl)c(F)c(S(=O)(=O)N2CCC(CCO)C2)c1. The van der Waals surface area contributed by atoms with E-state index in [0.717, 1.165) is 6.07 Å². The summed E-state index contributed by atoms with van der Waals surface area (Å²) in [5.41, 5.74) is 5.63. The zero-order valence-electron chi connectivity index (χ0n) is 10.7. The van der Waals surface area contributed by atoms with E-state index in [-0.39, 0.29) is 29.8 Å². The van der Waals surface area contributed by atoms with Gasteiger partial charge in [0.2, 0.25) is 10.0 Å². The Morgan fingerprint density at radius 2 is 2.20 bits per heavy atom. The van der Waals surface area contributed by atoms with Crippen LogP contribution >= 0.6 is 11.6 Å². The van der Waals surface area contributed by atoms with Gasteiger partial charge in [-0.2, -0.15) is 4.31 Å². The van der Waals surface area contributed by atoms with E-state index in [1.54, 1.807) is 0 Å². The molecule has 1 aliphatic heterocycles. The third-order valence-electron chi connectivity index (χ3n) is 3.42. The fraction of sp³-hybridized carbons (Fsp3) is 0.500. The molecule has 112 valence electrons. The van der Waals surface area contributed by atoms with Gasteiger partial charge >= 0.3 is 0 Å². The van der Waals surface area contributed by atoms with Crippen LogP contribution < -0.4 is 5.73 Å². The molecule has 5 nitrogen and oxygen atoms in total. The first-order chi connectivity index (χ1) is 9.36. The number of sulfonamides is 1. The van der Waals surface area contributed by atoms with Gasteiger partial charge in [0, 0.05) is 25.4 Å². The van der Waals surface area contributed by atoms with E-state index >= 15 is 0 Å². The van der Waals surface area contributed by atoms with Gasteiger partial charge in [0.1, 0.15) is 4.90 Å². The highest BCUT2D eigenvalue weighted by atomic mass is 35.5. The molecule has 20 heavy (non-hydrogen) atoms. The van der Waals surface area contributed by atoms with Gasteiger partial charge in [-0.1, -0.05) is 11.6 Å². The zero-order valence-corrected chi connectivity index (χ0v) is 12.3. The maximum absolute atomic E-state index is 13.9. The number of nitrogens with zero attached hydrogens (tertiary/aromatic N) is 1. The first-order valence-electron chi connectivity index (χ1n) is 6.21. The number of hydrogen-bond acceptors (Lipinski definition) is 4. The van der Waals surface area contributed by atoms with E-state index in [4.69, 9.17) is 22.4 Å². The first kappa shape index (κ1) is 15.5. The monoisotopic (exact) mass is 322 g/mol. The topological polar surface area (TPSA) is 83.6 Å². The lowest BCUT2D eigenvalue weighted by Crippen LogP contribution is -2.29. The molecule has 0 saturated carbocycles. The number of hydrogen-bond donors (Lipinski definition) is 2. The lowest BCUT2D eigenvalue weighted by atomic mass is 10.1. The van der Waals surface area contributed by atoms with Crippen molar-refractivity contribution in [2.75, 3.05) is 25.4 Å². The number of rotatable bonds is 4. The first-order valence-corrected chi connectivity index (χ1v) is 8.03. The smallest absolute Gasteiger partial charge is 0.246 e. The second kappa shape index (κ2) is 5.85. The van der Waals surface area contributed by atoms with Crippen molar-refractivity contribution in [1.29, 1.82) is 0 Å². The van der Waals surface area contributed by atoms with E-state index in [2.05, 4.69) is 0 Å². The van der Waals surface area contributed by atoms with Crippen LogP contribution in [-0.2, 0) is 10.0 Å². The number of nitrogen functional groups attached to an aromatic ring is 1. The van der Waals surface area contributed by atoms with Crippen molar-refractivity contribution in [1.82, 2.24) is 4.31 Å². The molecule has 1 aliphatic rings. The van der Waals surface area contributed by atoms with Crippen LogP contribution in [0.3, 0.4) is 0 Å². The summed E-state index contributed by atoms with van der Waals surface area (Å²) in [7, 11) is -3.95. The predicted molar refractivity (Wildman–Crippen MR) is 74.4 cm³/mol. The number of anilines is 1. The molecule has 0 aromatic heterocycles. The number of nitrogens with two attached hydrogens (primary N) is 1. The lowest BCUT2D eigenvalue weighted by molar-refractivity contribution is 0.259. The van der Waals surface area contributed by atoms with Gasteiger partial charge in [-0.15, -0.1) is 0 Å². The highest BCUT2D eigenvalue weighted by Crippen LogP contribution is 2.31. The van der Waals surface area contributed by atoms with E-state index in [1.165, 1.54) is 10.4 Å². The predicted octanol–water partition coefficient (Wildman–Crippen LogP) is 1.45. The van der Waals surface area contributed by atoms with E-state index < -0.39 is 20.7 Å². The van der Waals surface area contributed by atoms with Gasteiger partial charge in [-0.25, -0.2) is 12.8 Å². The molecule has 3 N–H and O–H groups in total. The minimum Gasteiger partial charge on any atom is -0.399 e. The second-order valence-corrected chi connectivity index (χ2v) is 7.16. The average molecular weight is 323 g/mol. The van der Waals surface area contributed by atoms with Crippen molar-refractivity contribution in [3.63, 3.8) is 0 Å². The average Bonchev–Trinajstić information content (AvgIpc) is 2.83. The molecule has 0 aliphatic carbocycles. The van der Waals surface area contributed by atoms with Crippen molar-refractivity contribution in [3.8, 4) is 0 Å². The van der Waals surface area contributed by atoms with Gasteiger partial charge in [0.05, 0.1) is 5.02 Å². The molecule has 1 unspecified atom stereocenters. The summed E-state index contributed by atoms with van der Waals surface area (Å²) in [6, 6.07) is 2.25. The third-order valence-corrected chi connectivity index (χ3v) is 5.56. The molecule has 1 fully saturated rings. The molecular weight excluding hydrogens is 307 g/mol. The number of halogens is 2. The Bertz CT molecular complexity index is 609. The maximum Gasteiger partial charge on any atom is 0.246 e. The molecule has 0 radical (unpaired) electrons. The van der Waals surface area contributed by atoms with Crippen molar-refractivity contribution < 1.29 is 17.9 Å². The molecular formula is C12H16ClFN2O3S. The van der Waals surface area contributed by atoms with Crippen molar-refractivity contribution in [2.24, 2.45) is 5.92 Å². The Morgan fingerprint density at radius 3 is 2.85 bits per heavy atom. The molecule has 1 aromatic rings. The minimum atomic E-state index is -3.95. The summed E-state index contributed by atoms with van der Waals surface area (Å²) >= 11 is 5.64. The molecule has 8 heteroatoms. The zero-order chi connectivity index (χ0) is 14.9. The summed E-state index contributed by atoms with van der Waals surface area (Å²) in [5.74, 6) is -0.888. The summed E-state index contributed by atoms with van der Waals surface area (Å²) in [4.78, 5) is -0.493. The summed E-state index contributed by atoms with van der Waals surface area (Å²) in [5, 5.41) is 8.58. The summed E-state index contributed by atoms with van der Waals surface area (Å²) in [6.45, 7) is 0.588. The Kier molecular flexibility index (Phi) is 4.53. The van der Waals surface area contributed by atoms with Crippen molar-refractivity contribution in [3.05, 3.63) is 23.0 Å². The van der Waals surface area contributed by atoms with Crippen LogP contribution in [0.1, 0.15) is 12.8 Å². The lowest BCUT2D eigenvalue weighted by Gasteiger charge is -2.17. The number of benzene rings is 1. The van der Waals surface area contributed by atoms with Crippen LogP contribution in [0.4, 0.5) is 10.1 Å². The highest BCUT2D eigenvalue weighted by molar-refractivity contribution is 7.89. The number of aliphatic hydroxyl groups is 1. The largest absolute Gasteiger partial charge is 0.399 e. The number of aliphatic hydroxyl groups excluding tert-OH is 1. The van der Waals surface area contributed by atoms with Crippen LogP contribution in [0.25, 0.3) is 0 Å². The Labute approximate surface area is 122 Å². The Hall–Kier alpha value is -0.890. The normalized spacial score (nSPS) is 20.4. The third kappa shape index (κ3) is 2.90. The fourth-order valence-electron chi connectivity index (χ4n) is 2.34. The molecule has 1 saturated heterocycles. The fourth-order valence-corrected chi connectivity index (χ4v) is 4.28. The van der Waals surface area contributed by atoms with E-state index in [1.807, 2.05) is 0 Å². The minimum absolute atomic E-state index is 0.0109. The summed E-state index contributed by atoms with van der Waals surface area (Å²) in [6.07, 6.45) is 1.18. The molecule has 0 amide bonds. The van der Waals surface area contributed by atoms with E-state index in [0.29, 0.717) is 19.4 Å². The molecule has 1 atom stereocenters. The van der Waals surface area contributed by atoms with Crippen LogP contribution in [0, 0.1) is 11.7 Å². The standard InChI is InChI=1S/C12H16ClFN2O3S/c13-10-5-9(15)6-11(12(10)14)20(18,19)16-3-1-8(7-16)2-4-17/h5-6,8,17H,1-4,7,15H2. The molecule has 2 rings (SSSR count). The van der Waals surface area contributed by atoms with Crippen LogP contribution in [0.2, 0.25) is 5.02 Å². The molecule has 0 bridgehead atoms. The van der Waals surface area contributed by atoms with E-state index in [9.17, 15) is 12.8 Å². The van der Waals surface area contributed by atoms with Gasteiger partial charge in [-0.05, 0) is 30.9 Å². The Balaban J connectivity index is 2.32. The molecule has 1 heterocycles. The highest BCUT2D eigenvalue weighted by Gasteiger charge is 2.34. The molecule has 0 spiro atoms. The van der Waals surface area contributed by atoms with Crippen LogP contribution in [-0.4, -0.2) is 37.5 Å². The second-order valence-electron chi connectivity index (χ2n) is 4.84. The van der Waals surface area contributed by atoms with Gasteiger partial charge in [-0.3, -0.25) is 0 Å². The van der Waals surface area contributed by atoms with Crippen molar-refractivity contribution >= 4 is 27.3 Å². The van der Waals surface area contributed by atoms with Gasteiger partial charge < -0.3 is 10.8 Å². The van der Waals surface area contributed by atoms with Crippen LogP contribution in [0.15, 0.2) is 17.0 Å². The molecule has 1 aromatic carbocycles. The van der Waals surface area contributed by atoms with Gasteiger partial charge in [0.15, 0.2) is 5.82 Å².